The Labute approximate surface area is 230 Å². The van der Waals surface area contributed by atoms with Crippen LogP contribution in [-0.2, 0) is 17.9 Å². The minimum atomic E-state index is -0.482. The van der Waals surface area contributed by atoms with Crippen molar-refractivity contribution in [3.8, 4) is 22.6 Å². The minimum Gasteiger partial charge on any atom is -0.483 e. The van der Waals surface area contributed by atoms with Gasteiger partial charge in [0.05, 0.1) is 11.4 Å². The van der Waals surface area contributed by atoms with Crippen LogP contribution in [0.3, 0.4) is 0 Å². The lowest BCUT2D eigenvalue weighted by atomic mass is 10.1. The number of amides is 1. The monoisotopic (exact) mass is 530 g/mol. The average molecular weight is 531 g/mol. The summed E-state index contributed by atoms with van der Waals surface area (Å²) in [5.41, 5.74) is 3.77. The van der Waals surface area contributed by atoms with Gasteiger partial charge in [0, 0.05) is 50.7 Å². The van der Waals surface area contributed by atoms with Crippen molar-refractivity contribution >= 4 is 11.9 Å². The third kappa shape index (κ3) is 5.73. The van der Waals surface area contributed by atoms with Crippen LogP contribution in [0.4, 0.5) is 10.6 Å². The van der Waals surface area contributed by atoms with Gasteiger partial charge in [0.2, 0.25) is 0 Å². The van der Waals surface area contributed by atoms with Crippen molar-refractivity contribution in [2.24, 2.45) is 0 Å². The van der Waals surface area contributed by atoms with Crippen LogP contribution < -0.4 is 9.64 Å². The lowest BCUT2D eigenvalue weighted by molar-refractivity contribution is 0.0240. The van der Waals surface area contributed by atoms with Crippen LogP contribution in [0.1, 0.15) is 51.6 Å². The normalized spacial score (nSPS) is 17.8. The second kappa shape index (κ2) is 10.5. The first-order chi connectivity index (χ1) is 18.8. The van der Waals surface area contributed by atoms with Crippen molar-refractivity contribution < 1.29 is 14.3 Å². The number of piperazine rings is 1. The molecule has 2 fully saturated rings. The Hall–Kier alpha value is -3.59. The maximum Gasteiger partial charge on any atom is 0.410 e. The Balaban J connectivity index is 1.11. The van der Waals surface area contributed by atoms with Crippen LogP contribution in [0.2, 0.25) is 0 Å². The number of anilines is 1. The Morgan fingerprint density at radius 2 is 1.74 bits per heavy atom. The summed E-state index contributed by atoms with van der Waals surface area (Å²) in [4.78, 5) is 28.5. The number of ether oxygens (including phenoxy) is 2. The molecule has 0 bridgehead atoms. The Bertz CT molecular complexity index is 1320. The summed E-state index contributed by atoms with van der Waals surface area (Å²) in [5, 5.41) is 0. The van der Waals surface area contributed by atoms with E-state index in [1.165, 1.54) is 19.3 Å². The SMILES string of the molecule is CC(C)(C)OC(=O)N1CCN(c2ccc(-c3ccc4c(c3)OCc3nc(CN5CCCCC5)cn3-4)cn2)CC1. The highest BCUT2D eigenvalue weighted by molar-refractivity contribution is 5.70. The first kappa shape index (κ1) is 25.7. The molecule has 6 rings (SSSR count). The predicted molar refractivity (Wildman–Crippen MR) is 150 cm³/mol. The molecule has 0 N–H and O–H groups in total. The van der Waals surface area contributed by atoms with E-state index in [2.05, 4.69) is 50.9 Å². The van der Waals surface area contributed by atoms with Crippen LogP contribution >= 0.6 is 0 Å². The number of benzene rings is 1. The molecule has 0 unspecified atom stereocenters. The van der Waals surface area contributed by atoms with Crippen molar-refractivity contribution in [1.82, 2.24) is 24.3 Å². The number of pyridine rings is 1. The lowest BCUT2D eigenvalue weighted by Gasteiger charge is -2.36. The van der Waals surface area contributed by atoms with E-state index >= 15 is 0 Å². The second-order valence-corrected chi connectivity index (χ2v) is 11.7. The van der Waals surface area contributed by atoms with E-state index < -0.39 is 5.60 Å². The van der Waals surface area contributed by atoms with Gasteiger partial charge < -0.3 is 19.3 Å². The van der Waals surface area contributed by atoms with Gasteiger partial charge in [0.25, 0.3) is 0 Å². The number of fused-ring (bicyclic) bond motifs is 3. The molecule has 0 atom stereocenters. The molecule has 0 saturated carbocycles. The van der Waals surface area contributed by atoms with E-state index in [-0.39, 0.29) is 6.09 Å². The van der Waals surface area contributed by atoms with Gasteiger partial charge >= 0.3 is 6.09 Å². The van der Waals surface area contributed by atoms with Crippen LogP contribution in [0.15, 0.2) is 42.7 Å². The summed E-state index contributed by atoms with van der Waals surface area (Å²) in [5.74, 6) is 2.74. The number of likely N-dealkylation sites (tertiary alicyclic amines) is 1. The van der Waals surface area contributed by atoms with Crippen LogP contribution in [0, 0.1) is 0 Å². The summed E-state index contributed by atoms with van der Waals surface area (Å²) < 4.78 is 13.8. The van der Waals surface area contributed by atoms with Gasteiger partial charge in [-0.05, 0) is 76.5 Å². The fourth-order valence-corrected chi connectivity index (χ4v) is 5.54. The van der Waals surface area contributed by atoms with Gasteiger partial charge in [0.1, 0.15) is 23.8 Å². The van der Waals surface area contributed by atoms with E-state index in [0.717, 1.165) is 72.6 Å². The molecule has 206 valence electrons. The molecule has 3 aliphatic heterocycles. The minimum absolute atomic E-state index is 0.249. The Morgan fingerprint density at radius 3 is 2.46 bits per heavy atom. The van der Waals surface area contributed by atoms with Gasteiger partial charge in [-0.2, -0.15) is 0 Å². The molecule has 1 amide bonds. The molecular weight excluding hydrogens is 492 g/mol. The summed E-state index contributed by atoms with van der Waals surface area (Å²) >= 11 is 0. The highest BCUT2D eigenvalue weighted by Gasteiger charge is 2.26. The molecule has 3 aromatic rings. The fraction of sp³-hybridized carbons (Fsp3) is 0.500. The molecule has 0 spiro atoms. The van der Waals surface area contributed by atoms with Crippen LogP contribution in [-0.4, -0.2) is 75.3 Å². The molecule has 9 nitrogen and oxygen atoms in total. The van der Waals surface area contributed by atoms with Crippen molar-refractivity contribution in [2.45, 2.75) is 58.8 Å². The van der Waals surface area contributed by atoms with Gasteiger partial charge in [-0.1, -0.05) is 12.5 Å². The number of nitrogens with zero attached hydrogens (tertiary/aromatic N) is 6. The third-order valence-corrected chi connectivity index (χ3v) is 7.58. The molecule has 9 heteroatoms. The van der Waals surface area contributed by atoms with Gasteiger partial charge in [0.15, 0.2) is 5.82 Å². The maximum absolute atomic E-state index is 12.4. The van der Waals surface area contributed by atoms with E-state index in [4.69, 9.17) is 19.4 Å². The van der Waals surface area contributed by atoms with Crippen LogP contribution in [0.25, 0.3) is 16.8 Å². The van der Waals surface area contributed by atoms with E-state index in [0.29, 0.717) is 19.7 Å². The number of piperidine rings is 1. The quantitative estimate of drug-likeness (QED) is 0.476. The molecular formula is C30H38N6O3. The largest absolute Gasteiger partial charge is 0.483 e. The lowest BCUT2D eigenvalue weighted by Crippen LogP contribution is -2.50. The van der Waals surface area contributed by atoms with E-state index in [9.17, 15) is 4.79 Å². The Morgan fingerprint density at radius 1 is 0.974 bits per heavy atom. The summed E-state index contributed by atoms with van der Waals surface area (Å²) in [6.07, 6.45) is 7.74. The average Bonchev–Trinajstić information content (AvgIpc) is 3.35. The number of imidazole rings is 1. The van der Waals surface area contributed by atoms with Gasteiger partial charge in [-0.15, -0.1) is 0 Å². The first-order valence-corrected chi connectivity index (χ1v) is 14.1. The molecule has 0 radical (unpaired) electrons. The van der Waals surface area contributed by atoms with Gasteiger partial charge in [-0.3, -0.25) is 9.47 Å². The zero-order valence-corrected chi connectivity index (χ0v) is 23.2. The number of hydrogen-bond acceptors (Lipinski definition) is 7. The molecule has 3 aliphatic rings. The summed E-state index contributed by atoms with van der Waals surface area (Å²) in [7, 11) is 0. The molecule has 2 aromatic heterocycles. The zero-order chi connectivity index (χ0) is 27.0. The fourth-order valence-electron chi connectivity index (χ4n) is 5.54. The van der Waals surface area contributed by atoms with Crippen molar-refractivity contribution in [3.63, 3.8) is 0 Å². The summed E-state index contributed by atoms with van der Waals surface area (Å²) in [6, 6.07) is 10.5. The topological polar surface area (TPSA) is 76.0 Å². The standard InChI is InChI=1S/C30H38N6O3/c1-30(2,3)39-29(37)35-15-13-34(14-16-35)27-10-8-23(18-31-27)22-7-9-25-26(17-22)38-21-28-32-24(20-36(25)28)19-33-11-5-4-6-12-33/h7-10,17-18,20H,4-6,11-16,19,21H2,1-3H3. The summed E-state index contributed by atoms with van der Waals surface area (Å²) in [6.45, 7) is 12.1. The number of carbonyl (C=O) groups is 1. The van der Waals surface area contributed by atoms with E-state index in [1.807, 2.05) is 27.0 Å². The highest BCUT2D eigenvalue weighted by atomic mass is 16.6. The molecule has 5 heterocycles. The number of hydrogen-bond donors (Lipinski definition) is 0. The van der Waals surface area contributed by atoms with Gasteiger partial charge in [-0.25, -0.2) is 14.8 Å². The molecule has 2 saturated heterocycles. The smallest absolute Gasteiger partial charge is 0.410 e. The number of carbonyl (C=O) groups excluding carboxylic acids is 1. The predicted octanol–water partition coefficient (Wildman–Crippen LogP) is 4.87. The van der Waals surface area contributed by atoms with Crippen molar-refractivity contribution in [2.75, 3.05) is 44.2 Å². The van der Waals surface area contributed by atoms with Crippen molar-refractivity contribution in [3.05, 3.63) is 54.2 Å². The second-order valence-electron chi connectivity index (χ2n) is 11.7. The maximum atomic E-state index is 12.4. The van der Waals surface area contributed by atoms with Crippen LogP contribution in [0.5, 0.6) is 5.75 Å². The zero-order valence-electron chi connectivity index (χ0n) is 23.2. The molecule has 0 aliphatic carbocycles. The molecule has 39 heavy (non-hydrogen) atoms. The molecule has 1 aromatic carbocycles. The number of aromatic nitrogens is 3. The van der Waals surface area contributed by atoms with E-state index in [1.54, 1.807) is 4.90 Å². The highest BCUT2D eigenvalue weighted by Crippen LogP contribution is 2.34. The van der Waals surface area contributed by atoms with Crippen molar-refractivity contribution in [1.29, 1.82) is 0 Å². The first-order valence-electron chi connectivity index (χ1n) is 14.1. The number of rotatable bonds is 4. The Kier molecular flexibility index (Phi) is 6.93. The third-order valence-electron chi connectivity index (χ3n) is 7.58.